The van der Waals surface area contributed by atoms with Crippen LogP contribution in [-0.2, 0) is 4.79 Å². The summed E-state index contributed by atoms with van der Waals surface area (Å²) >= 11 is 0. The second-order valence-electron chi connectivity index (χ2n) is 8.34. The summed E-state index contributed by atoms with van der Waals surface area (Å²) in [7, 11) is 0. The Morgan fingerprint density at radius 3 is 2.38 bits per heavy atom. The number of carbonyl (C=O) groups excluding carboxylic acids is 2. The van der Waals surface area contributed by atoms with Crippen LogP contribution in [0, 0.1) is 6.92 Å². The molecule has 1 saturated heterocycles. The fourth-order valence-corrected chi connectivity index (χ4v) is 3.73. The fourth-order valence-electron chi connectivity index (χ4n) is 3.73. The maximum absolute atomic E-state index is 12.6. The van der Waals surface area contributed by atoms with Crippen molar-refractivity contribution < 1.29 is 19.5 Å². The van der Waals surface area contributed by atoms with E-state index in [2.05, 4.69) is 20.4 Å². The Morgan fingerprint density at radius 1 is 1.03 bits per heavy atom. The lowest BCUT2D eigenvalue weighted by molar-refractivity contribution is -0.122. The molecule has 1 aliphatic rings. The predicted molar refractivity (Wildman–Crippen MR) is 124 cm³/mol. The molecule has 8 heteroatoms. The first-order chi connectivity index (χ1) is 15.2. The molecule has 0 spiro atoms. The van der Waals surface area contributed by atoms with Crippen LogP contribution in [0.3, 0.4) is 0 Å². The number of amides is 2. The highest BCUT2D eigenvalue weighted by molar-refractivity contribution is 6.08. The highest BCUT2D eigenvalue weighted by Crippen LogP contribution is 2.25. The highest BCUT2D eigenvalue weighted by Gasteiger charge is 2.22. The van der Waals surface area contributed by atoms with Gasteiger partial charge >= 0.3 is 5.97 Å². The van der Waals surface area contributed by atoms with E-state index in [1.807, 2.05) is 32.9 Å². The molecule has 0 saturated carbocycles. The zero-order chi connectivity index (χ0) is 23.3. The molecule has 3 N–H and O–H groups in total. The van der Waals surface area contributed by atoms with Crippen LogP contribution in [0.25, 0.3) is 0 Å². The average molecular weight is 439 g/mol. The number of carboxylic acid groups (broad SMARTS) is 1. The summed E-state index contributed by atoms with van der Waals surface area (Å²) in [5, 5.41) is 15.3. The second-order valence-corrected chi connectivity index (χ2v) is 8.34. The number of hydrogen-bond donors (Lipinski definition) is 3. The third-order valence-corrected chi connectivity index (χ3v) is 5.32. The van der Waals surface area contributed by atoms with E-state index in [0.717, 1.165) is 11.3 Å². The molecule has 2 aromatic rings. The summed E-state index contributed by atoms with van der Waals surface area (Å²) in [5.74, 6) is -1.44. The zero-order valence-corrected chi connectivity index (χ0v) is 18.7. The van der Waals surface area contributed by atoms with Gasteiger partial charge in [-0.25, -0.2) is 4.79 Å². The van der Waals surface area contributed by atoms with Crippen LogP contribution in [0.2, 0.25) is 0 Å². The number of rotatable bonds is 7. The largest absolute Gasteiger partial charge is 0.478 e. The van der Waals surface area contributed by atoms with Crippen LogP contribution >= 0.6 is 0 Å². The summed E-state index contributed by atoms with van der Waals surface area (Å²) in [6.45, 7) is 8.90. The van der Waals surface area contributed by atoms with Gasteiger partial charge in [-0.1, -0.05) is 17.7 Å². The lowest BCUT2D eigenvalue weighted by Gasteiger charge is -2.36. The van der Waals surface area contributed by atoms with Gasteiger partial charge in [0, 0.05) is 43.5 Å². The summed E-state index contributed by atoms with van der Waals surface area (Å²) in [6.07, 6.45) is 0. The van der Waals surface area contributed by atoms with Crippen LogP contribution in [0.1, 0.15) is 40.1 Å². The molecule has 8 nitrogen and oxygen atoms in total. The molecule has 0 aromatic heterocycles. The number of nitrogens with zero attached hydrogens (tertiary/aromatic N) is 2. The predicted octanol–water partition coefficient (Wildman–Crippen LogP) is 2.59. The van der Waals surface area contributed by atoms with Crippen LogP contribution in [-0.4, -0.2) is 66.6 Å². The third-order valence-electron chi connectivity index (χ3n) is 5.32. The highest BCUT2D eigenvalue weighted by atomic mass is 16.4. The van der Waals surface area contributed by atoms with Gasteiger partial charge in [-0.05, 0) is 51.1 Å². The Labute approximate surface area is 188 Å². The van der Waals surface area contributed by atoms with Gasteiger partial charge in [-0.3, -0.25) is 14.5 Å². The zero-order valence-electron chi connectivity index (χ0n) is 18.7. The molecule has 1 aliphatic heterocycles. The first-order valence-corrected chi connectivity index (χ1v) is 10.7. The molecule has 2 amide bonds. The maximum atomic E-state index is 12.6. The Balaban J connectivity index is 1.67. The maximum Gasteiger partial charge on any atom is 0.337 e. The number of hydrogen-bond acceptors (Lipinski definition) is 5. The van der Waals surface area contributed by atoms with Gasteiger partial charge in [0.25, 0.3) is 5.91 Å². The topological polar surface area (TPSA) is 102 Å². The van der Waals surface area contributed by atoms with E-state index < -0.39 is 5.97 Å². The molecule has 1 heterocycles. The van der Waals surface area contributed by atoms with Crippen LogP contribution in [0.5, 0.6) is 0 Å². The Bertz CT molecular complexity index is 997. The molecule has 1 fully saturated rings. The van der Waals surface area contributed by atoms with E-state index in [4.69, 9.17) is 0 Å². The molecule has 0 bridgehead atoms. The van der Waals surface area contributed by atoms with Gasteiger partial charge in [0.05, 0.1) is 17.8 Å². The molecule has 32 heavy (non-hydrogen) atoms. The third kappa shape index (κ3) is 6.07. The minimum absolute atomic E-state index is 0.00955. The number of carbonyl (C=O) groups is 3. The Morgan fingerprint density at radius 2 is 1.75 bits per heavy atom. The number of piperazine rings is 1. The molecule has 0 aliphatic carbocycles. The smallest absolute Gasteiger partial charge is 0.337 e. The van der Waals surface area contributed by atoms with Gasteiger partial charge in [-0.15, -0.1) is 0 Å². The van der Waals surface area contributed by atoms with Crippen molar-refractivity contribution in [3.05, 3.63) is 59.2 Å². The first-order valence-electron chi connectivity index (χ1n) is 10.7. The van der Waals surface area contributed by atoms with Crippen molar-refractivity contribution in [2.24, 2.45) is 0 Å². The number of anilines is 2. The Kier molecular flexibility index (Phi) is 7.48. The van der Waals surface area contributed by atoms with Gasteiger partial charge in [-0.2, -0.15) is 0 Å². The number of benzene rings is 2. The minimum Gasteiger partial charge on any atom is -0.478 e. The number of carboxylic acids is 1. The molecule has 3 rings (SSSR count). The first kappa shape index (κ1) is 23.3. The van der Waals surface area contributed by atoms with Crippen LogP contribution < -0.4 is 15.5 Å². The van der Waals surface area contributed by atoms with Gasteiger partial charge in [0.2, 0.25) is 5.91 Å². The van der Waals surface area contributed by atoms with E-state index in [9.17, 15) is 19.5 Å². The van der Waals surface area contributed by atoms with E-state index in [0.29, 0.717) is 38.3 Å². The number of aryl methyl sites for hydroxylation is 1. The van der Waals surface area contributed by atoms with Crippen LogP contribution in [0.15, 0.2) is 42.5 Å². The quantitative estimate of drug-likeness (QED) is 0.614. The van der Waals surface area contributed by atoms with E-state index in [1.165, 1.54) is 0 Å². The molecule has 170 valence electrons. The summed E-state index contributed by atoms with van der Waals surface area (Å²) in [4.78, 5) is 40.6. The van der Waals surface area contributed by atoms with Crippen molar-refractivity contribution in [2.45, 2.75) is 26.8 Å². The number of aromatic carboxylic acids is 1. The molecular formula is C24H30N4O4. The standard InChI is InChI=1S/C24H30N4O4/c1-16(2)25-22(29)15-27-9-11-28(12-10-27)19-7-8-21(20(14-19)24(31)32)26-23(30)18-6-4-5-17(3)13-18/h4-8,13-14,16H,9-12,15H2,1-3H3,(H,25,29)(H,26,30)(H,31,32). The van der Waals surface area contributed by atoms with Crippen molar-refractivity contribution in [3.8, 4) is 0 Å². The summed E-state index contributed by atoms with van der Waals surface area (Å²) in [6, 6.07) is 12.3. The lowest BCUT2D eigenvalue weighted by atomic mass is 10.1. The van der Waals surface area contributed by atoms with Crippen molar-refractivity contribution >= 4 is 29.2 Å². The molecule has 0 unspecified atom stereocenters. The van der Waals surface area contributed by atoms with Crippen LogP contribution in [0.4, 0.5) is 11.4 Å². The monoisotopic (exact) mass is 438 g/mol. The van der Waals surface area contributed by atoms with E-state index >= 15 is 0 Å². The van der Waals surface area contributed by atoms with Crippen molar-refractivity contribution in [1.29, 1.82) is 0 Å². The average Bonchev–Trinajstić information content (AvgIpc) is 2.74. The molecule has 2 aromatic carbocycles. The van der Waals surface area contributed by atoms with Crippen molar-refractivity contribution in [3.63, 3.8) is 0 Å². The Hall–Kier alpha value is -3.39. The molecular weight excluding hydrogens is 408 g/mol. The lowest BCUT2D eigenvalue weighted by Crippen LogP contribution is -2.50. The second kappa shape index (κ2) is 10.3. The molecule has 0 radical (unpaired) electrons. The SMILES string of the molecule is Cc1cccc(C(=O)Nc2ccc(N3CCN(CC(=O)NC(C)C)CC3)cc2C(=O)O)c1. The van der Waals surface area contributed by atoms with Gasteiger partial charge in [0.15, 0.2) is 0 Å². The normalized spacial score (nSPS) is 14.3. The molecule has 0 atom stereocenters. The van der Waals surface area contributed by atoms with E-state index in [1.54, 1.807) is 30.3 Å². The van der Waals surface area contributed by atoms with Gasteiger partial charge in [0.1, 0.15) is 0 Å². The van der Waals surface area contributed by atoms with Gasteiger partial charge < -0.3 is 20.6 Å². The fraction of sp³-hybridized carbons (Fsp3) is 0.375. The van der Waals surface area contributed by atoms with E-state index in [-0.39, 0.29) is 29.1 Å². The van der Waals surface area contributed by atoms with Crippen molar-refractivity contribution in [1.82, 2.24) is 10.2 Å². The number of nitrogens with one attached hydrogen (secondary N) is 2. The minimum atomic E-state index is -1.10. The van der Waals surface area contributed by atoms with Crippen molar-refractivity contribution in [2.75, 3.05) is 42.9 Å². The summed E-state index contributed by atoms with van der Waals surface area (Å²) in [5.41, 5.74) is 2.51. The summed E-state index contributed by atoms with van der Waals surface area (Å²) < 4.78 is 0.